The maximum Gasteiger partial charge on any atom is 0.244 e. The number of aromatic nitrogens is 1. The third-order valence-corrected chi connectivity index (χ3v) is 5.52. The van der Waals surface area contributed by atoms with Gasteiger partial charge in [-0.15, -0.1) is 0 Å². The summed E-state index contributed by atoms with van der Waals surface area (Å²) in [5, 5.41) is 3.07. The van der Waals surface area contributed by atoms with Crippen molar-refractivity contribution in [3.63, 3.8) is 0 Å². The van der Waals surface area contributed by atoms with Gasteiger partial charge in [-0.25, -0.2) is 13.4 Å². The molecular weight excluding hydrogens is 314 g/mol. The molecule has 8 heteroatoms. The lowest BCUT2D eigenvalue weighted by Gasteiger charge is -2.27. The monoisotopic (exact) mass is 335 g/mol. The number of pyridine rings is 1. The van der Waals surface area contributed by atoms with E-state index >= 15 is 0 Å². The molecule has 0 aliphatic heterocycles. The number of anilines is 1. The van der Waals surface area contributed by atoms with E-state index < -0.39 is 10.0 Å². The molecule has 1 N–H and O–H groups in total. The molecule has 21 heavy (non-hydrogen) atoms. The fourth-order valence-electron chi connectivity index (χ4n) is 1.84. The molecule has 0 bridgehead atoms. The Hall–Kier alpha value is -0.890. The zero-order valence-electron chi connectivity index (χ0n) is 12.8. The molecule has 0 saturated heterocycles. The average Bonchev–Trinajstić information content (AvgIpc) is 2.46. The molecule has 1 unspecified atom stereocenters. The predicted molar refractivity (Wildman–Crippen MR) is 84.3 cm³/mol. The largest absolute Gasteiger partial charge is 0.383 e. The topological polar surface area (TPSA) is 71.5 Å². The van der Waals surface area contributed by atoms with E-state index in [0.717, 1.165) is 0 Å². The number of halogens is 1. The van der Waals surface area contributed by atoms with Crippen molar-refractivity contribution in [2.24, 2.45) is 0 Å². The average molecular weight is 336 g/mol. The van der Waals surface area contributed by atoms with Crippen LogP contribution in [0.4, 0.5) is 5.82 Å². The summed E-state index contributed by atoms with van der Waals surface area (Å²) in [7, 11) is -0.437. The molecule has 120 valence electrons. The van der Waals surface area contributed by atoms with Crippen molar-refractivity contribution in [2.45, 2.75) is 31.2 Å². The van der Waals surface area contributed by atoms with E-state index in [9.17, 15) is 8.42 Å². The van der Waals surface area contributed by atoms with Gasteiger partial charge in [-0.05, 0) is 19.4 Å². The van der Waals surface area contributed by atoms with Crippen LogP contribution in [-0.2, 0) is 14.8 Å². The molecule has 0 aliphatic rings. The standard InChI is InChI=1S/C13H22ClN3O3S/c1-5-10(2)17(6-7-20-4)21(18,19)11-8-12(14)13(15-3)16-9-11/h8-10H,5-7H2,1-4H3,(H,15,16). The lowest BCUT2D eigenvalue weighted by Crippen LogP contribution is -2.40. The van der Waals surface area contributed by atoms with Crippen molar-refractivity contribution in [3.8, 4) is 0 Å². The van der Waals surface area contributed by atoms with Crippen molar-refractivity contribution in [1.82, 2.24) is 9.29 Å². The number of nitrogens with one attached hydrogen (secondary N) is 1. The Morgan fingerprint density at radius 3 is 2.67 bits per heavy atom. The van der Waals surface area contributed by atoms with Gasteiger partial charge in [0.15, 0.2) is 0 Å². The van der Waals surface area contributed by atoms with Gasteiger partial charge in [-0.1, -0.05) is 18.5 Å². The highest BCUT2D eigenvalue weighted by Gasteiger charge is 2.28. The third kappa shape index (κ3) is 4.29. The molecule has 1 rings (SSSR count). The summed E-state index contributed by atoms with van der Waals surface area (Å²) in [5.41, 5.74) is 0. The maximum atomic E-state index is 12.7. The summed E-state index contributed by atoms with van der Waals surface area (Å²) < 4.78 is 31.9. The van der Waals surface area contributed by atoms with Gasteiger partial charge >= 0.3 is 0 Å². The van der Waals surface area contributed by atoms with Gasteiger partial charge in [-0.2, -0.15) is 4.31 Å². The van der Waals surface area contributed by atoms with Gasteiger partial charge in [0.05, 0.1) is 11.6 Å². The fraction of sp³-hybridized carbons (Fsp3) is 0.615. The van der Waals surface area contributed by atoms with Gasteiger partial charge in [0.2, 0.25) is 10.0 Å². The van der Waals surface area contributed by atoms with Gasteiger partial charge in [0, 0.05) is 32.9 Å². The summed E-state index contributed by atoms with van der Waals surface area (Å²) >= 11 is 6.03. The summed E-state index contributed by atoms with van der Waals surface area (Å²) in [6.07, 6.45) is 2.02. The van der Waals surface area contributed by atoms with Gasteiger partial charge < -0.3 is 10.1 Å². The molecule has 0 saturated carbocycles. The number of sulfonamides is 1. The SMILES string of the molecule is CCC(C)N(CCOC)S(=O)(=O)c1cnc(NC)c(Cl)c1. The highest BCUT2D eigenvalue weighted by molar-refractivity contribution is 7.89. The van der Waals surface area contributed by atoms with E-state index in [1.54, 1.807) is 14.2 Å². The molecule has 6 nitrogen and oxygen atoms in total. The first-order valence-corrected chi connectivity index (χ1v) is 8.54. The Bertz CT molecular complexity index is 566. The zero-order chi connectivity index (χ0) is 16.0. The van der Waals surface area contributed by atoms with E-state index in [4.69, 9.17) is 16.3 Å². The van der Waals surface area contributed by atoms with Gasteiger partial charge in [0.25, 0.3) is 0 Å². The second-order valence-electron chi connectivity index (χ2n) is 4.62. The first-order chi connectivity index (χ1) is 9.88. The van der Waals surface area contributed by atoms with Crippen molar-refractivity contribution >= 4 is 27.4 Å². The van der Waals surface area contributed by atoms with Crippen molar-refractivity contribution in [3.05, 3.63) is 17.3 Å². The Kier molecular flexibility index (Phi) is 6.86. The van der Waals surface area contributed by atoms with Gasteiger partial charge in [0.1, 0.15) is 10.7 Å². The molecule has 0 spiro atoms. The minimum Gasteiger partial charge on any atom is -0.383 e. The zero-order valence-corrected chi connectivity index (χ0v) is 14.3. The van der Waals surface area contributed by atoms with E-state index in [-0.39, 0.29) is 16.0 Å². The Balaban J connectivity index is 3.18. The van der Waals surface area contributed by atoms with Crippen molar-refractivity contribution in [2.75, 3.05) is 32.6 Å². The first-order valence-electron chi connectivity index (χ1n) is 6.72. The predicted octanol–water partition coefficient (Wildman–Crippen LogP) is 2.21. The molecule has 1 aromatic heterocycles. The second kappa shape index (κ2) is 7.93. The van der Waals surface area contributed by atoms with Crippen LogP contribution in [0.1, 0.15) is 20.3 Å². The van der Waals surface area contributed by atoms with Gasteiger partial charge in [-0.3, -0.25) is 0 Å². The highest BCUT2D eigenvalue weighted by atomic mass is 35.5. The smallest absolute Gasteiger partial charge is 0.244 e. The van der Waals surface area contributed by atoms with E-state index in [0.29, 0.717) is 25.4 Å². The molecule has 0 aliphatic carbocycles. The van der Waals surface area contributed by atoms with Crippen molar-refractivity contribution in [1.29, 1.82) is 0 Å². The lowest BCUT2D eigenvalue weighted by molar-refractivity contribution is 0.167. The number of rotatable bonds is 8. The number of hydrogen-bond donors (Lipinski definition) is 1. The maximum absolute atomic E-state index is 12.7. The molecule has 0 radical (unpaired) electrons. The van der Waals surface area contributed by atoms with Crippen LogP contribution < -0.4 is 5.32 Å². The number of nitrogens with zero attached hydrogens (tertiary/aromatic N) is 2. The Labute approximate surface area is 131 Å². The quantitative estimate of drug-likeness (QED) is 0.788. The van der Waals surface area contributed by atoms with Crippen LogP contribution >= 0.6 is 11.6 Å². The molecule has 1 aromatic rings. The molecule has 1 atom stereocenters. The Morgan fingerprint density at radius 2 is 2.19 bits per heavy atom. The van der Waals surface area contributed by atoms with E-state index in [1.807, 2.05) is 13.8 Å². The third-order valence-electron chi connectivity index (χ3n) is 3.26. The normalized spacial score (nSPS) is 13.4. The second-order valence-corrected chi connectivity index (χ2v) is 6.92. The van der Waals surface area contributed by atoms with Crippen LogP contribution in [-0.4, -0.2) is 51.1 Å². The molecule has 1 heterocycles. The van der Waals surface area contributed by atoms with Crippen molar-refractivity contribution < 1.29 is 13.2 Å². The van der Waals surface area contributed by atoms with Crippen LogP contribution in [0.5, 0.6) is 0 Å². The summed E-state index contributed by atoms with van der Waals surface area (Å²) in [4.78, 5) is 4.12. The molecule has 0 amide bonds. The number of hydrogen-bond acceptors (Lipinski definition) is 5. The number of methoxy groups -OCH3 is 1. The molecular formula is C13H22ClN3O3S. The van der Waals surface area contributed by atoms with Crippen LogP contribution in [0.3, 0.4) is 0 Å². The van der Waals surface area contributed by atoms with Crippen LogP contribution in [0.2, 0.25) is 5.02 Å². The minimum absolute atomic E-state index is 0.0860. The summed E-state index contributed by atoms with van der Waals surface area (Å²) in [6, 6.07) is 1.28. The van der Waals surface area contributed by atoms with E-state index in [1.165, 1.54) is 16.6 Å². The molecule has 0 aromatic carbocycles. The van der Waals surface area contributed by atoms with Crippen LogP contribution in [0.25, 0.3) is 0 Å². The number of ether oxygens (including phenoxy) is 1. The Morgan fingerprint density at radius 1 is 1.52 bits per heavy atom. The van der Waals surface area contributed by atoms with Crippen LogP contribution in [0.15, 0.2) is 17.2 Å². The summed E-state index contributed by atoms with van der Waals surface area (Å²) in [6.45, 7) is 4.43. The fourth-order valence-corrected chi connectivity index (χ4v) is 3.83. The van der Waals surface area contributed by atoms with E-state index in [2.05, 4.69) is 10.3 Å². The minimum atomic E-state index is -3.65. The first kappa shape index (κ1) is 18.2. The van der Waals surface area contributed by atoms with Crippen LogP contribution in [0, 0.1) is 0 Å². The summed E-state index contributed by atoms with van der Waals surface area (Å²) in [5.74, 6) is 0.447. The highest BCUT2D eigenvalue weighted by Crippen LogP contribution is 2.25. The molecule has 0 fully saturated rings. The lowest BCUT2D eigenvalue weighted by atomic mass is 10.3.